The van der Waals surface area contributed by atoms with Gasteiger partial charge in [0.2, 0.25) is 0 Å². The van der Waals surface area contributed by atoms with E-state index in [0.717, 1.165) is 5.56 Å². The number of hydrogen-bond acceptors (Lipinski definition) is 2. The smallest absolute Gasteiger partial charge is 0.326 e. The van der Waals surface area contributed by atoms with Crippen molar-refractivity contribution in [2.45, 2.75) is 25.4 Å². The average molecular weight is 311 g/mol. The molecule has 0 aliphatic rings. The van der Waals surface area contributed by atoms with Crippen LogP contribution in [0.4, 0.5) is 4.79 Å². The van der Waals surface area contributed by atoms with Crippen LogP contribution in [0.2, 0.25) is 5.02 Å². The first kappa shape index (κ1) is 17.0. The normalized spacial score (nSPS) is 13.1. The Morgan fingerprint density at radius 2 is 2.00 bits per heavy atom. The van der Waals surface area contributed by atoms with E-state index in [1.807, 2.05) is 19.1 Å². The first-order chi connectivity index (χ1) is 9.86. The molecule has 2 N–H and O–H groups in total. The van der Waals surface area contributed by atoms with Crippen LogP contribution < -0.4 is 5.32 Å². The Hall–Kier alpha value is -2.01. The first-order valence-corrected chi connectivity index (χ1v) is 6.87. The number of carbonyl (C=O) groups is 2. The van der Waals surface area contributed by atoms with Crippen LogP contribution in [0.3, 0.4) is 0 Å². The predicted octanol–water partition coefficient (Wildman–Crippen LogP) is 3.07. The second-order valence-electron chi connectivity index (χ2n) is 4.70. The van der Waals surface area contributed by atoms with Gasteiger partial charge in [0.15, 0.2) is 0 Å². The molecule has 0 bridgehead atoms. The second kappa shape index (κ2) is 7.69. The molecule has 0 aliphatic heterocycles. The summed E-state index contributed by atoms with van der Waals surface area (Å²) in [5.74, 6) is -1.09. The lowest BCUT2D eigenvalue weighted by Crippen LogP contribution is -2.47. The largest absolute Gasteiger partial charge is 0.480 e. The highest BCUT2D eigenvalue weighted by Crippen LogP contribution is 2.20. The quantitative estimate of drug-likeness (QED) is 0.793. The minimum atomic E-state index is -1.09. The van der Waals surface area contributed by atoms with Crippen molar-refractivity contribution in [2.24, 2.45) is 0 Å². The molecule has 1 aromatic carbocycles. The number of carboxylic acid groups (broad SMARTS) is 1. The summed E-state index contributed by atoms with van der Waals surface area (Å²) in [5, 5.41) is 12.1. The number of nitrogens with zero attached hydrogens (tertiary/aromatic N) is 1. The molecule has 0 heterocycles. The maximum absolute atomic E-state index is 12.1. The average Bonchev–Trinajstić information content (AvgIpc) is 2.45. The van der Waals surface area contributed by atoms with Gasteiger partial charge >= 0.3 is 12.0 Å². The monoisotopic (exact) mass is 310 g/mol. The Labute approximate surface area is 129 Å². The maximum Gasteiger partial charge on any atom is 0.326 e. The minimum Gasteiger partial charge on any atom is -0.480 e. The Kier molecular flexibility index (Phi) is 6.24. The van der Waals surface area contributed by atoms with Gasteiger partial charge in [-0.25, -0.2) is 9.59 Å². The summed E-state index contributed by atoms with van der Waals surface area (Å²) in [6, 6.07) is 5.51. The fourth-order valence-corrected chi connectivity index (χ4v) is 1.91. The predicted molar refractivity (Wildman–Crippen MR) is 82.4 cm³/mol. The molecule has 0 aliphatic carbocycles. The fraction of sp³-hybridized carbons (Fsp3) is 0.333. The van der Waals surface area contributed by atoms with Gasteiger partial charge in [0.25, 0.3) is 0 Å². The van der Waals surface area contributed by atoms with E-state index in [2.05, 4.69) is 11.9 Å². The molecule has 0 aromatic heterocycles. The number of carboxylic acids is 1. The molecule has 6 heteroatoms. The van der Waals surface area contributed by atoms with E-state index in [1.54, 1.807) is 19.2 Å². The van der Waals surface area contributed by atoms with Crippen LogP contribution in [0.1, 0.15) is 24.9 Å². The summed E-state index contributed by atoms with van der Waals surface area (Å²) in [4.78, 5) is 24.6. The van der Waals surface area contributed by atoms with Gasteiger partial charge in [-0.2, -0.15) is 0 Å². The molecule has 2 unspecified atom stereocenters. The van der Waals surface area contributed by atoms with Gasteiger partial charge in [0.1, 0.15) is 6.04 Å². The van der Waals surface area contributed by atoms with E-state index < -0.39 is 18.0 Å². The molecule has 2 atom stereocenters. The standard InChI is InChI=1S/C15H19ClN2O3/c1-4-5-13(14(19)20)17-15(21)18(3)10(2)11-6-8-12(16)9-7-11/h4,6-10,13H,1,5H2,2-3H3,(H,17,21)(H,19,20). The van der Waals surface area contributed by atoms with E-state index >= 15 is 0 Å². The number of rotatable bonds is 6. The zero-order valence-corrected chi connectivity index (χ0v) is 12.8. The molecule has 0 saturated carbocycles. The van der Waals surface area contributed by atoms with Gasteiger partial charge in [0.05, 0.1) is 6.04 Å². The van der Waals surface area contributed by atoms with E-state index in [9.17, 15) is 9.59 Å². The molecule has 114 valence electrons. The van der Waals surface area contributed by atoms with Crippen molar-refractivity contribution < 1.29 is 14.7 Å². The second-order valence-corrected chi connectivity index (χ2v) is 5.14. The molecule has 0 radical (unpaired) electrons. The lowest BCUT2D eigenvalue weighted by molar-refractivity contribution is -0.139. The zero-order chi connectivity index (χ0) is 16.0. The van der Waals surface area contributed by atoms with Crippen molar-refractivity contribution in [3.63, 3.8) is 0 Å². The number of halogens is 1. The molecule has 5 nitrogen and oxygen atoms in total. The highest BCUT2D eigenvalue weighted by Gasteiger charge is 2.23. The lowest BCUT2D eigenvalue weighted by atomic mass is 10.1. The van der Waals surface area contributed by atoms with E-state index in [-0.39, 0.29) is 12.5 Å². The number of benzene rings is 1. The van der Waals surface area contributed by atoms with Crippen LogP contribution in [-0.4, -0.2) is 35.1 Å². The molecular weight excluding hydrogens is 292 g/mol. The van der Waals surface area contributed by atoms with Crippen LogP contribution in [-0.2, 0) is 4.79 Å². The fourth-order valence-electron chi connectivity index (χ4n) is 1.78. The third kappa shape index (κ3) is 4.79. The molecule has 21 heavy (non-hydrogen) atoms. The van der Waals surface area contributed by atoms with Gasteiger partial charge in [-0.05, 0) is 31.0 Å². The van der Waals surface area contributed by atoms with Gasteiger partial charge in [-0.1, -0.05) is 29.8 Å². The molecule has 1 rings (SSSR count). The summed E-state index contributed by atoms with van der Waals surface area (Å²) in [5.41, 5.74) is 0.910. The number of carbonyl (C=O) groups excluding carboxylic acids is 1. The Balaban J connectivity index is 2.74. The Morgan fingerprint density at radius 3 is 2.48 bits per heavy atom. The Bertz CT molecular complexity index is 516. The topological polar surface area (TPSA) is 69.6 Å². The van der Waals surface area contributed by atoms with Crippen LogP contribution >= 0.6 is 11.6 Å². The van der Waals surface area contributed by atoms with Crippen LogP contribution in [0.25, 0.3) is 0 Å². The number of urea groups is 1. The van der Waals surface area contributed by atoms with E-state index in [1.165, 1.54) is 11.0 Å². The van der Waals surface area contributed by atoms with Crippen molar-refractivity contribution in [3.8, 4) is 0 Å². The molecule has 1 aromatic rings. The summed E-state index contributed by atoms with van der Waals surface area (Å²) < 4.78 is 0. The summed E-state index contributed by atoms with van der Waals surface area (Å²) in [7, 11) is 1.61. The number of aliphatic carboxylic acids is 1. The lowest BCUT2D eigenvalue weighted by Gasteiger charge is -2.27. The highest BCUT2D eigenvalue weighted by atomic mass is 35.5. The van der Waals surface area contributed by atoms with Gasteiger partial charge in [-0.3, -0.25) is 0 Å². The van der Waals surface area contributed by atoms with Crippen LogP contribution in [0, 0.1) is 0 Å². The van der Waals surface area contributed by atoms with Crippen LogP contribution in [0.5, 0.6) is 0 Å². The molecule has 0 spiro atoms. The van der Waals surface area contributed by atoms with Crippen molar-refractivity contribution in [1.82, 2.24) is 10.2 Å². The first-order valence-electron chi connectivity index (χ1n) is 6.49. The molecule has 2 amide bonds. The third-order valence-corrected chi connectivity index (χ3v) is 3.50. The number of amides is 2. The van der Waals surface area contributed by atoms with E-state index in [4.69, 9.17) is 16.7 Å². The Morgan fingerprint density at radius 1 is 1.43 bits per heavy atom. The summed E-state index contributed by atoms with van der Waals surface area (Å²) in [6.07, 6.45) is 1.63. The van der Waals surface area contributed by atoms with Crippen molar-refractivity contribution in [3.05, 3.63) is 47.5 Å². The minimum absolute atomic E-state index is 0.171. The van der Waals surface area contributed by atoms with Crippen molar-refractivity contribution in [1.29, 1.82) is 0 Å². The van der Waals surface area contributed by atoms with Crippen molar-refractivity contribution >= 4 is 23.6 Å². The van der Waals surface area contributed by atoms with Gasteiger partial charge in [-0.15, -0.1) is 6.58 Å². The molecule has 0 saturated heterocycles. The van der Waals surface area contributed by atoms with Crippen molar-refractivity contribution in [2.75, 3.05) is 7.05 Å². The van der Waals surface area contributed by atoms with E-state index in [0.29, 0.717) is 5.02 Å². The number of nitrogens with one attached hydrogen (secondary N) is 1. The zero-order valence-electron chi connectivity index (χ0n) is 12.0. The highest BCUT2D eigenvalue weighted by molar-refractivity contribution is 6.30. The SMILES string of the molecule is C=CCC(NC(=O)N(C)C(C)c1ccc(Cl)cc1)C(=O)O. The molecule has 0 fully saturated rings. The molecular formula is C15H19ClN2O3. The van der Waals surface area contributed by atoms with Gasteiger partial charge in [0, 0.05) is 12.1 Å². The number of hydrogen-bond donors (Lipinski definition) is 2. The third-order valence-electron chi connectivity index (χ3n) is 3.25. The summed E-state index contributed by atoms with van der Waals surface area (Å²) in [6.45, 7) is 5.34. The maximum atomic E-state index is 12.1. The van der Waals surface area contributed by atoms with Gasteiger partial charge < -0.3 is 15.3 Å². The summed E-state index contributed by atoms with van der Waals surface area (Å²) >= 11 is 5.83. The van der Waals surface area contributed by atoms with Crippen LogP contribution in [0.15, 0.2) is 36.9 Å².